The van der Waals surface area contributed by atoms with E-state index in [1.54, 1.807) is 6.20 Å². The van der Waals surface area contributed by atoms with E-state index >= 15 is 0 Å². The van der Waals surface area contributed by atoms with Gasteiger partial charge in [-0.15, -0.1) is 0 Å². The van der Waals surface area contributed by atoms with Crippen molar-refractivity contribution in [3.8, 4) is 0 Å². The number of anilines is 1. The largest absolute Gasteiger partial charge is 0.364 e. The average molecular weight is 346 g/mol. The second-order valence-corrected chi connectivity index (χ2v) is 6.40. The zero-order valence-electron chi connectivity index (χ0n) is 13.6. The Morgan fingerprint density at radius 3 is 2.67 bits per heavy atom. The summed E-state index contributed by atoms with van der Waals surface area (Å²) in [5, 5.41) is 0.772. The first-order chi connectivity index (χ1) is 11.5. The monoisotopic (exact) mass is 345 g/mol. The van der Waals surface area contributed by atoms with Gasteiger partial charge in [0.25, 0.3) is 5.91 Å². The molecule has 1 amide bonds. The quantitative estimate of drug-likeness (QED) is 0.915. The zero-order chi connectivity index (χ0) is 17.1. The van der Waals surface area contributed by atoms with Gasteiger partial charge < -0.3 is 10.6 Å². The van der Waals surface area contributed by atoms with Gasteiger partial charge in [-0.2, -0.15) is 0 Å². The second-order valence-electron chi connectivity index (χ2n) is 5.96. The number of halogens is 1. The van der Waals surface area contributed by atoms with Gasteiger partial charge >= 0.3 is 0 Å². The Morgan fingerprint density at radius 1 is 1.25 bits per heavy atom. The first-order valence-electron chi connectivity index (χ1n) is 7.87. The molecule has 0 radical (unpaired) electrons. The van der Waals surface area contributed by atoms with Crippen LogP contribution < -0.4 is 10.6 Å². The van der Waals surface area contributed by atoms with Crippen LogP contribution in [0.15, 0.2) is 30.6 Å². The molecule has 1 saturated heterocycles. The summed E-state index contributed by atoms with van der Waals surface area (Å²) in [4.78, 5) is 24.1. The van der Waals surface area contributed by atoms with E-state index < -0.39 is 5.91 Å². The predicted molar refractivity (Wildman–Crippen MR) is 94.2 cm³/mol. The Morgan fingerprint density at radius 2 is 2.00 bits per heavy atom. The minimum absolute atomic E-state index is 0.201. The van der Waals surface area contributed by atoms with Gasteiger partial charge in [-0.05, 0) is 30.2 Å². The summed E-state index contributed by atoms with van der Waals surface area (Å²) in [5.41, 5.74) is 7.98. The number of aryl methyl sites for hydroxylation is 1. The topological polar surface area (TPSA) is 75.3 Å². The molecule has 3 rings (SSSR count). The van der Waals surface area contributed by atoms with Gasteiger partial charge in [0.2, 0.25) is 0 Å². The molecule has 2 N–H and O–H groups in total. The van der Waals surface area contributed by atoms with Crippen LogP contribution in [0.25, 0.3) is 0 Å². The summed E-state index contributed by atoms with van der Waals surface area (Å²) in [6.45, 7) is 6.51. The lowest BCUT2D eigenvalue weighted by molar-refractivity contribution is 0.0995. The Bertz CT molecular complexity index is 744. The van der Waals surface area contributed by atoms with E-state index in [9.17, 15) is 4.79 Å². The Labute approximate surface area is 146 Å². The summed E-state index contributed by atoms with van der Waals surface area (Å²) in [5.74, 6) is 0.148. The van der Waals surface area contributed by atoms with Gasteiger partial charge in [0.05, 0.1) is 12.4 Å². The SMILES string of the molecule is Cc1cc(Cl)ccc1CN1CCN(c2cncc(C(N)=O)n2)CC1. The molecule has 1 aliphatic rings. The molecule has 0 saturated carbocycles. The highest BCUT2D eigenvalue weighted by Crippen LogP contribution is 2.19. The highest BCUT2D eigenvalue weighted by Gasteiger charge is 2.19. The lowest BCUT2D eigenvalue weighted by Gasteiger charge is -2.35. The van der Waals surface area contributed by atoms with Crippen LogP contribution in [0, 0.1) is 6.92 Å². The maximum absolute atomic E-state index is 11.2. The Kier molecular flexibility index (Phi) is 4.97. The minimum Gasteiger partial charge on any atom is -0.364 e. The van der Waals surface area contributed by atoms with Crippen LogP contribution in [-0.4, -0.2) is 47.0 Å². The van der Waals surface area contributed by atoms with Gasteiger partial charge in [-0.1, -0.05) is 17.7 Å². The number of rotatable bonds is 4. The van der Waals surface area contributed by atoms with Crippen molar-refractivity contribution >= 4 is 23.3 Å². The number of primary amides is 1. The molecule has 0 spiro atoms. The standard InChI is InChI=1S/C17H20ClN5O/c1-12-8-14(18)3-2-13(12)11-22-4-6-23(7-5-22)16-10-20-9-15(21-16)17(19)24/h2-3,8-10H,4-7,11H2,1H3,(H2,19,24). The number of nitrogens with zero attached hydrogens (tertiary/aromatic N) is 4. The number of amides is 1. The van der Waals surface area contributed by atoms with Gasteiger partial charge in [-0.25, -0.2) is 4.98 Å². The number of nitrogens with two attached hydrogens (primary N) is 1. The molecule has 0 atom stereocenters. The summed E-state index contributed by atoms with van der Waals surface area (Å²) < 4.78 is 0. The van der Waals surface area contributed by atoms with Gasteiger partial charge in [0.15, 0.2) is 0 Å². The first-order valence-corrected chi connectivity index (χ1v) is 8.25. The van der Waals surface area contributed by atoms with Crippen molar-refractivity contribution in [2.24, 2.45) is 5.73 Å². The lowest BCUT2D eigenvalue weighted by atomic mass is 10.1. The molecule has 1 aromatic carbocycles. The van der Waals surface area contributed by atoms with Gasteiger partial charge in [0.1, 0.15) is 11.5 Å². The van der Waals surface area contributed by atoms with Crippen LogP contribution in [-0.2, 0) is 6.54 Å². The molecule has 0 bridgehead atoms. The van der Waals surface area contributed by atoms with Crippen molar-refractivity contribution in [3.63, 3.8) is 0 Å². The number of piperazine rings is 1. The number of benzene rings is 1. The molecule has 1 fully saturated rings. The number of carbonyl (C=O) groups excluding carboxylic acids is 1. The summed E-state index contributed by atoms with van der Waals surface area (Å²) in [6.07, 6.45) is 3.07. The molecular weight excluding hydrogens is 326 g/mol. The van der Waals surface area contributed by atoms with Crippen LogP contribution >= 0.6 is 11.6 Å². The molecule has 6 nitrogen and oxygen atoms in total. The van der Waals surface area contributed by atoms with Crippen molar-refractivity contribution in [2.45, 2.75) is 13.5 Å². The Hall–Kier alpha value is -2.18. The molecule has 0 aliphatic carbocycles. The van der Waals surface area contributed by atoms with E-state index in [-0.39, 0.29) is 5.69 Å². The van der Waals surface area contributed by atoms with E-state index in [1.165, 1.54) is 17.3 Å². The van der Waals surface area contributed by atoms with E-state index in [0.29, 0.717) is 5.82 Å². The second kappa shape index (κ2) is 7.15. The van der Waals surface area contributed by atoms with Crippen LogP contribution in [0.1, 0.15) is 21.6 Å². The van der Waals surface area contributed by atoms with Gasteiger partial charge in [0, 0.05) is 37.7 Å². The number of carbonyl (C=O) groups is 1. The fourth-order valence-electron chi connectivity index (χ4n) is 2.84. The van der Waals surface area contributed by atoms with Crippen molar-refractivity contribution in [3.05, 3.63) is 52.4 Å². The first kappa shape index (κ1) is 16.7. The average Bonchev–Trinajstić information content (AvgIpc) is 2.58. The summed E-state index contributed by atoms with van der Waals surface area (Å²) in [7, 11) is 0. The molecule has 7 heteroatoms. The van der Waals surface area contributed by atoms with Crippen molar-refractivity contribution < 1.29 is 4.79 Å². The van der Waals surface area contributed by atoms with Crippen LogP contribution in [0.3, 0.4) is 0 Å². The molecule has 0 unspecified atom stereocenters. The summed E-state index contributed by atoms with van der Waals surface area (Å²) >= 11 is 6.02. The maximum Gasteiger partial charge on any atom is 0.268 e. The normalized spacial score (nSPS) is 15.5. The number of hydrogen-bond acceptors (Lipinski definition) is 5. The minimum atomic E-state index is -0.554. The van der Waals surface area contributed by atoms with Crippen LogP contribution in [0.2, 0.25) is 5.02 Å². The third-order valence-corrected chi connectivity index (χ3v) is 4.50. The fraction of sp³-hybridized carbons (Fsp3) is 0.353. The fourth-order valence-corrected chi connectivity index (χ4v) is 3.07. The molecule has 1 aliphatic heterocycles. The van der Waals surface area contributed by atoms with E-state index in [2.05, 4.69) is 32.8 Å². The van der Waals surface area contributed by atoms with E-state index in [4.69, 9.17) is 17.3 Å². The Balaban J connectivity index is 1.61. The van der Waals surface area contributed by atoms with E-state index in [1.807, 2.05) is 12.1 Å². The lowest BCUT2D eigenvalue weighted by Crippen LogP contribution is -2.46. The van der Waals surface area contributed by atoms with Crippen LogP contribution in [0.5, 0.6) is 0 Å². The van der Waals surface area contributed by atoms with Gasteiger partial charge in [-0.3, -0.25) is 14.7 Å². The highest BCUT2D eigenvalue weighted by atomic mass is 35.5. The van der Waals surface area contributed by atoms with E-state index in [0.717, 1.165) is 37.7 Å². The van der Waals surface area contributed by atoms with Crippen molar-refractivity contribution in [2.75, 3.05) is 31.1 Å². The van der Waals surface area contributed by atoms with Crippen LogP contribution in [0.4, 0.5) is 5.82 Å². The third-order valence-electron chi connectivity index (χ3n) is 4.27. The molecule has 2 aromatic rings. The number of aromatic nitrogens is 2. The molecule has 126 valence electrons. The maximum atomic E-state index is 11.2. The predicted octanol–water partition coefficient (Wildman–Crippen LogP) is 1.86. The molecular formula is C17H20ClN5O. The van der Waals surface area contributed by atoms with Crippen molar-refractivity contribution in [1.82, 2.24) is 14.9 Å². The molecule has 24 heavy (non-hydrogen) atoms. The summed E-state index contributed by atoms with van der Waals surface area (Å²) in [6, 6.07) is 6.02. The van der Waals surface area contributed by atoms with Crippen molar-refractivity contribution in [1.29, 1.82) is 0 Å². The number of hydrogen-bond donors (Lipinski definition) is 1. The highest BCUT2D eigenvalue weighted by molar-refractivity contribution is 6.30. The molecule has 1 aromatic heterocycles. The third kappa shape index (κ3) is 3.83. The zero-order valence-corrected chi connectivity index (χ0v) is 14.3. The smallest absolute Gasteiger partial charge is 0.268 e. The molecule has 2 heterocycles.